The number of hydrogen-bond acceptors (Lipinski definition) is 3. The standard InChI is InChI=1S/C14H7Cl2NO2/c15-9-5-2-4-8-11(9)13(17-19)7-3-1-6-10(16)12(7)14(8)18/h1-6,18H. The summed E-state index contributed by atoms with van der Waals surface area (Å²) in [5.74, 6) is 0.00509. The van der Waals surface area contributed by atoms with Gasteiger partial charge in [-0.3, -0.25) is 0 Å². The predicted molar refractivity (Wildman–Crippen MR) is 78.6 cm³/mol. The van der Waals surface area contributed by atoms with Crippen LogP contribution in [0.4, 0.5) is 5.69 Å². The van der Waals surface area contributed by atoms with Crippen LogP contribution in [0.15, 0.2) is 41.6 Å². The Morgan fingerprint density at radius 3 is 2.11 bits per heavy atom. The van der Waals surface area contributed by atoms with Gasteiger partial charge in [-0.1, -0.05) is 47.5 Å². The SMILES string of the molecule is O=Nc1c2cccc(Cl)c2c(O)c2cccc(Cl)c12. The van der Waals surface area contributed by atoms with Crippen LogP contribution in [0.2, 0.25) is 10.0 Å². The number of benzene rings is 3. The van der Waals surface area contributed by atoms with Crippen molar-refractivity contribution >= 4 is 50.4 Å². The van der Waals surface area contributed by atoms with Crippen LogP contribution >= 0.6 is 23.2 Å². The lowest BCUT2D eigenvalue weighted by Crippen LogP contribution is -1.83. The van der Waals surface area contributed by atoms with E-state index in [0.717, 1.165) is 0 Å². The van der Waals surface area contributed by atoms with E-state index in [1.165, 1.54) is 0 Å². The molecule has 0 radical (unpaired) electrons. The quantitative estimate of drug-likeness (QED) is 0.482. The van der Waals surface area contributed by atoms with Gasteiger partial charge in [-0.25, -0.2) is 0 Å². The fourth-order valence-corrected chi connectivity index (χ4v) is 2.82. The first kappa shape index (κ1) is 12.2. The molecule has 0 atom stereocenters. The van der Waals surface area contributed by atoms with E-state index in [1.807, 2.05) is 0 Å². The first-order valence-electron chi connectivity index (χ1n) is 5.50. The summed E-state index contributed by atoms with van der Waals surface area (Å²) in [5, 5.41) is 15.9. The Hall–Kier alpha value is -1.84. The molecule has 0 aliphatic carbocycles. The lowest BCUT2D eigenvalue weighted by molar-refractivity contribution is 0.488. The molecule has 0 unspecified atom stereocenters. The maximum Gasteiger partial charge on any atom is 0.132 e. The summed E-state index contributed by atoms with van der Waals surface area (Å²) >= 11 is 12.2. The summed E-state index contributed by atoms with van der Waals surface area (Å²) in [4.78, 5) is 11.2. The molecule has 0 saturated carbocycles. The van der Waals surface area contributed by atoms with Crippen LogP contribution in [0.5, 0.6) is 5.75 Å². The second-order valence-electron chi connectivity index (χ2n) is 4.11. The monoisotopic (exact) mass is 291 g/mol. The molecular weight excluding hydrogens is 285 g/mol. The lowest BCUT2D eigenvalue weighted by atomic mass is 10.00. The first-order chi connectivity index (χ1) is 9.15. The molecule has 3 rings (SSSR count). The Bertz CT molecular complexity index is 831. The van der Waals surface area contributed by atoms with Crippen LogP contribution in [0.3, 0.4) is 0 Å². The minimum atomic E-state index is 0.00509. The van der Waals surface area contributed by atoms with Gasteiger partial charge >= 0.3 is 0 Å². The summed E-state index contributed by atoms with van der Waals surface area (Å²) in [6.45, 7) is 0. The predicted octanol–water partition coefficient (Wildman–Crippen LogP) is 5.40. The summed E-state index contributed by atoms with van der Waals surface area (Å²) in [7, 11) is 0. The zero-order valence-electron chi connectivity index (χ0n) is 9.52. The number of nitrogens with zero attached hydrogens (tertiary/aromatic N) is 1. The molecule has 0 aromatic heterocycles. The highest BCUT2D eigenvalue weighted by atomic mass is 35.5. The van der Waals surface area contributed by atoms with E-state index < -0.39 is 0 Å². The molecule has 0 spiro atoms. The Morgan fingerprint density at radius 1 is 0.895 bits per heavy atom. The third kappa shape index (κ3) is 1.66. The van der Waals surface area contributed by atoms with Gasteiger partial charge in [0.05, 0.1) is 10.0 Å². The summed E-state index contributed by atoms with van der Waals surface area (Å²) in [6, 6.07) is 10.0. The number of nitroso groups, excluding NO2 is 1. The van der Waals surface area contributed by atoms with Crippen molar-refractivity contribution in [1.29, 1.82) is 0 Å². The van der Waals surface area contributed by atoms with E-state index >= 15 is 0 Å². The highest BCUT2D eigenvalue weighted by Gasteiger charge is 2.17. The first-order valence-corrected chi connectivity index (χ1v) is 6.25. The zero-order valence-corrected chi connectivity index (χ0v) is 11.0. The van der Waals surface area contributed by atoms with Gasteiger partial charge in [-0.15, -0.1) is 4.91 Å². The molecule has 0 heterocycles. The number of phenolic OH excluding ortho intramolecular Hbond substituents is 1. The van der Waals surface area contributed by atoms with Crippen molar-refractivity contribution in [1.82, 2.24) is 0 Å². The van der Waals surface area contributed by atoms with Crippen LogP contribution in [0.25, 0.3) is 21.5 Å². The molecule has 3 aromatic rings. The number of rotatable bonds is 1. The molecule has 19 heavy (non-hydrogen) atoms. The molecule has 1 N–H and O–H groups in total. The average molecular weight is 292 g/mol. The molecule has 0 amide bonds. The van der Waals surface area contributed by atoms with Crippen LogP contribution in [0.1, 0.15) is 0 Å². The third-order valence-electron chi connectivity index (χ3n) is 3.10. The summed E-state index contributed by atoms with van der Waals surface area (Å²) < 4.78 is 0. The van der Waals surface area contributed by atoms with Crippen LogP contribution in [-0.2, 0) is 0 Å². The van der Waals surface area contributed by atoms with E-state index in [4.69, 9.17) is 23.2 Å². The highest BCUT2D eigenvalue weighted by Crippen LogP contribution is 2.46. The van der Waals surface area contributed by atoms with Gasteiger partial charge in [0.2, 0.25) is 0 Å². The molecular formula is C14H7Cl2NO2. The minimum Gasteiger partial charge on any atom is -0.507 e. The number of aromatic hydroxyl groups is 1. The van der Waals surface area contributed by atoms with Gasteiger partial charge in [-0.05, 0) is 17.3 Å². The maximum atomic E-state index is 11.2. The Morgan fingerprint density at radius 2 is 1.47 bits per heavy atom. The van der Waals surface area contributed by atoms with Crippen molar-refractivity contribution in [2.45, 2.75) is 0 Å². The lowest BCUT2D eigenvalue weighted by Gasteiger charge is -2.11. The zero-order chi connectivity index (χ0) is 13.6. The second kappa shape index (κ2) is 4.37. The van der Waals surface area contributed by atoms with E-state index in [9.17, 15) is 10.0 Å². The van der Waals surface area contributed by atoms with Gasteiger partial charge in [-0.2, -0.15) is 0 Å². The molecule has 94 valence electrons. The minimum absolute atomic E-state index is 0.00509. The number of halogens is 2. The molecule has 0 fully saturated rings. The van der Waals surface area contributed by atoms with Crippen LogP contribution < -0.4 is 0 Å². The Labute approximate surface area is 118 Å². The summed E-state index contributed by atoms with van der Waals surface area (Å²) in [6.07, 6.45) is 0. The molecule has 0 saturated heterocycles. The van der Waals surface area contributed by atoms with Crippen molar-refractivity contribution < 1.29 is 5.11 Å². The molecule has 3 nitrogen and oxygen atoms in total. The topological polar surface area (TPSA) is 49.7 Å². The molecule has 5 heteroatoms. The highest BCUT2D eigenvalue weighted by molar-refractivity contribution is 6.40. The normalized spacial score (nSPS) is 11.1. The van der Waals surface area contributed by atoms with Crippen molar-refractivity contribution in [2.24, 2.45) is 5.18 Å². The van der Waals surface area contributed by atoms with Crippen molar-refractivity contribution in [3.63, 3.8) is 0 Å². The van der Waals surface area contributed by atoms with Gasteiger partial charge in [0.1, 0.15) is 11.4 Å². The number of phenols is 1. The van der Waals surface area contributed by atoms with E-state index in [1.54, 1.807) is 36.4 Å². The molecule has 0 aliphatic rings. The number of hydrogen-bond donors (Lipinski definition) is 1. The Balaban J connectivity index is 2.73. The van der Waals surface area contributed by atoms with Gasteiger partial charge in [0.15, 0.2) is 0 Å². The maximum absolute atomic E-state index is 11.2. The van der Waals surface area contributed by atoms with Crippen molar-refractivity contribution in [3.05, 3.63) is 51.4 Å². The van der Waals surface area contributed by atoms with E-state index in [-0.39, 0.29) is 11.4 Å². The third-order valence-corrected chi connectivity index (χ3v) is 3.73. The molecule has 3 aromatic carbocycles. The molecule has 0 aliphatic heterocycles. The van der Waals surface area contributed by atoms with Gasteiger partial charge in [0.25, 0.3) is 0 Å². The molecule has 0 bridgehead atoms. The summed E-state index contributed by atoms with van der Waals surface area (Å²) in [5.41, 5.74) is 0.191. The van der Waals surface area contributed by atoms with Gasteiger partial charge in [0, 0.05) is 21.5 Å². The fourth-order valence-electron chi connectivity index (χ4n) is 2.29. The van der Waals surface area contributed by atoms with Crippen LogP contribution in [0, 0.1) is 4.91 Å². The van der Waals surface area contributed by atoms with Crippen LogP contribution in [-0.4, -0.2) is 5.11 Å². The largest absolute Gasteiger partial charge is 0.507 e. The fraction of sp³-hybridized carbons (Fsp3) is 0. The van der Waals surface area contributed by atoms with E-state index in [0.29, 0.717) is 31.6 Å². The van der Waals surface area contributed by atoms with Gasteiger partial charge < -0.3 is 5.11 Å². The number of fused-ring (bicyclic) bond motifs is 2. The van der Waals surface area contributed by atoms with Crippen molar-refractivity contribution in [3.8, 4) is 5.75 Å². The smallest absolute Gasteiger partial charge is 0.132 e. The van der Waals surface area contributed by atoms with E-state index in [2.05, 4.69) is 5.18 Å². The second-order valence-corrected chi connectivity index (χ2v) is 4.93. The van der Waals surface area contributed by atoms with Crippen molar-refractivity contribution in [2.75, 3.05) is 0 Å². The average Bonchev–Trinajstić information content (AvgIpc) is 2.40. The Kier molecular flexibility index (Phi) is 2.81.